The van der Waals surface area contributed by atoms with Crippen molar-refractivity contribution in [2.24, 2.45) is 0 Å². The van der Waals surface area contributed by atoms with Gasteiger partial charge in [-0.05, 0) is 30.0 Å². The lowest BCUT2D eigenvalue weighted by Crippen LogP contribution is -2.40. The minimum atomic E-state index is -3.14. The largest absolute Gasteiger partial charge is 0.426 e. The molecule has 1 atom stereocenters. The number of hydrogen-bond acceptors (Lipinski definition) is 6. The molecule has 8 heteroatoms. The van der Waals surface area contributed by atoms with Gasteiger partial charge in [-0.3, -0.25) is 9.59 Å². The highest BCUT2D eigenvalue weighted by atomic mass is 32.2. The van der Waals surface area contributed by atoms with Crippen LogP contribution in [0.4, 0.5) is 0 Å². The number of sulfone groups is 1. The van der Waals surface area contributed by atoms with E-state index < -0.39 is 15.8 Å². The maximum Gasteiger partial charge on any atom is 0.308 e. The van der Waals surface area contributed by atoms with Gasteiger partial charge in [0.05, 0.1) is 23.6 Å². The molecule has 6 nitrogen and oxygen atoms in total. The standard InChI is InChI=1S/C18H19NO5S2/c1-13(20)24-17-7-3-2-6-16(17)18(21)19(11-15-5-4-9-25-15)14-8-10-26(22,23)12-14/h2-7,9,14H,8,10-12H2,1H3. The molecule has 1 aromatic carbocycles. The fourth-order valence-corrected chi connectivity index (χ4v) is 5.43. The van der Waals surface area contributed by atoms with Gasteiger partial charge in [0.15, 0.2) is 9.84 Å². The number of ether oxygens (including phenoxy) is 1. The summed E-state index contributed by atoms with van der Waals surface area (Å²) >= 11 is 1.51. The van der Waals surface area contributed by atoms with Crippen molar-refractivity contribution in [3.8, 4) is 5.75 Å². The summed E-state index contributed by atoms with van der Waals surface area (Å²) in [5, 5.41) is 1.91. The van der Waals surface area contributed by atoms with Crippen LogP contribution in [0.15, 0.2) is 41.8 Å². The number of carbonyl (C=O) groups is 2. The third-order valence-corrected chi connectivity index (χ3v) is 6.80. The number of esters is 1. The second-order valence-corrected chi connectivity index (χ2v) is 9.42. The van der Waals surface area contributed by atoms with E-state index in [1.54, 1.807) is 29.2 Å². The Labute approximate surface area is 156 Å². The second-order valence-electron chi connectivity index (χ2n) is 6.16. The van der Waals surface area contributed by atoms with Crippen molar-refractivity contribution < 1.29 is 22.7 Å². The monoisotopic (exact) mass is 393 g/mol. The van der Waals surface area contributed by atoms with Crippen LogP contribution in [-0.2, 0) is 21.2 Å². The van der Waals surface area contributed by atoms with E-state index in [0.29, 0.717) is 13.0 Å². The molecule has 3 rings (SSSR count). The quantitative estimate of drug-likeness (QED) is 0.576. The van der Waals surface area contributed by atoms with Crippen LogP contribution in [0.2, 0.25) is 0 Å². The number of rotatable bonds is 5. The van der Waals surface area contributed by atoms with Crippen molar-refractivity contribution in [2.75, 3.05) is 11.5 Å². The van der Waals surface area contributed by atoms with Crippen LogP contribution in [0.3, 0.4) is 0 Å². The predicted molar refractivity (Wildman–Crippen MR) is 99.0 cm³/mol. The average Bonchev–Trinajstić information content (AvgIpc) is 3.21. The van der Waals surface area contributed by atoms with E-state index in [-0.39, 0.29) is 34.8 Å². The Morgan fingerprint density at radius 3 is 2.62 bits per heavy atom. The van der Waals surface area contributed by atoms with Crippen LogP contribution >= 0.6 is 11.3 Å². The SMILES string of the molecule is CC(=O)Oc1ccccc1C(=O)N(Cc1cccs1)C1CCS(=O)(=O)C1. The summed E-state index contributed by atoms with van der Waals surface area (Å²) in [5.41, 5.74) is 0.253. The first kappa shape index (κ1) is 18.6. The first-order chi connectivity index (χ1) is 12.4. The Kier molecular flexibility index (Phi) is 5.43. The molecule has 1 amide bonds. The third kappa shape index (κ3) is 4.31. The van der Waals surface area contributed by atoms with Crippen LogP contribution < -0.4 is 4.74 Å². The molecule has 0 spiro atoms. The van der Waals surface area contributed by atoms with Crippen molar-refractivity contribution in [1.82, 2.24) is 4.90 Å². The fourth-order valence-electron chi connectivity index (χ4n) is 3.00. The number of carbonyl (C=O) groups excluding carboxylic acids is 2. The molecule has 26 heavy (non-hydrogen) atoms. The lowest BCUT2D eigenvalue weighted by molar-refractivity contribution is -0.131. The van der Waals surface area contributed by atoms with E-state index in [1.165, 1.54) is 18.3 Å². The van der Waals surface area contributed by atoms with Gasteiger partial charge in [0.2, 0.25) is 0 Å². The molecule has 2 aromatic rings. The molecule has 138 valence electrons. The zero-order chi connectivity index (χ0) is 18.7. The van der Waals surface area contributed by atoms with E-state index in [0.717, 1.165) is 4.88 Å². The summed E-state index contributed by atoms with van der Waals surface area (Å²) in [6, 6.07) is 9.93. The molecule has 1 fully saturated rings. The normalized spacial score (nSPS) is 18.4. The molecule has 1 aliphatic heterocycles. The van der Waals surface area contributed by atoms with Gasteiger partial charge in [0.1, 0.15) is 5.75 Å². The van der Waals surface area contributed by atoms with Crippen LogP contribution in [0, 0.1) is 0 Å². The zero-order valence-corrected chi connectivity index (χ0v) is 15.9. The van der Waals surface area contributed by atoms with E-state index in [2.05, 4.69) is 0 Å². The number of para-hydroxylation sites is 1. The van der Waals surface area contributed by atoms with Gasteiger partial charge in [0.25, 0.3) is 5.91 Å². The minimum Gasteiger partial charge on any atom is -0.426 e. The lowest BCUT2D eigenvalue weighted by atomic mass is 10.1. The van der Waals surface area contributed by atoms with Gasteiger partial charge in [-0.25, -0.2) is 8.42 Å². The highest BCUT2D eigenvalue weighted by molar-refractivity contribution is 7.91. The molecule has 1 unspecified atom stereocenters. The number of amides is 1. The Balaban J connectivity index is 1.94. The fraction of sp³-hybridized carbons (Fsp3) is 0.333. The average molecular weight is 393 g/mol. The highest BCUT2D eigenvalue weighted by Gasteiger charge is 2.36. The number of benzene rings is 1. The van der Waals surface area contributed by atoms with Crippen molar-refractivity contribution in [2.45, 2.75) is 25.9 Å². The molecule has 1 saturated heterocycles. The summed E-state index contributed by atoms with van der Waals surface area (Å²) in [6.07, 6.45) is 0.412. The summed E-state index contributed by atoms with van der Waals surface area (Å²) < 4.78 is 29.0. The second kappa shape index (κ2) is 7.59. The maximum absolute atomic E-state index is 13.2. The van der Waals surface area contributed by atoms with Crippen molar-refractivity contribution in [1.29, 1.82) is 0 Å². The molecular weight excluding hydrogens is 374 g/mol. The Hall–Kier alpha value is -2.19. The third-order valence-electron chi connectivity index (χ3n) is 4.19. The van der Waals surface area contributed by atoms with Crippen LogP contribution in [0.1, 0.15) is 28.6 Å². The van der Waals surface area contributed by atoms with E-state index in [4.69, 9.17) is 4.74 Å². The lowest BCUT2D eigenvalue weighted by Gasteiger charge is -2.28. The molecule has 2 heterocycles. The van der Waals surface area contributed by atoms with E-state index >= 15 is 0 Å². The molecule has 0 saturated carbocycles. The van der Waals surface area contributed by atoms with Gasteiger partial charge in [-0.1, -0.05) is 18.2 Å². The Morgan fingerprint density at radius 1 is 1.23 bits per heavy atom. The van der Waals surface area contributed by atoms with Gasteiger partial charge < -0.3 is 9.64 Å². The molecule has 0 bridgehead atoms. The van der Waals surface area contributed by atoms with Crippen LogP contribution in [-0.4, -0.2) is 42.7 Å². The van der Waals surface area contributed by atoms with Gasteiger partial charge in [-0.15, -0.1) is 11.3 Å². The Bertz CT molecular complexity index is 905. The number of thiophene rings is 1. The molecular formula is C18H19NO5S2. The van der Waals surface area contributed by atoms with E-state index in [1.807, 2.05) is 17.5 Å². The van der Waals surface area contributed by atoms with E-state index in [9.17, 15) is 18.0 Å². The van der Waals surface area contributed by atoms with Crippen LogP contribution in [0.5, 0.6) is 5.75 Å². The molecule has 0 aliphatic carbocycles. The maximum atomic E-state index is 13.2. The van der Waals surface area contributed by atoms with Crippen molar-refractivity contribution >= 4 is 33.1 Å². The number of hydrogen-bond donors (Lipinski definition) is 0. The summed E-state index contributed by atoms with van der Waals surface area (Å²) in [4.78, 5) is 27.1. The first-order valence-corrected chi connectivity index (χ1v) is 10.9. The zero-order valence-electron chi connectivity index (χ0n) is 14.3. The minimum absolute atomic E-state index is 0.0418. The highest BCUT2D eigenvalue weighted by Crippen LogP contribution is 2.27. The summed E-state index contributed by atoms with van der Waals surface area (Å²) in [6.45, 7) is 1.60. The first-order valence-electron chi connectivity index (χ1n) is 8.17. The smallest absolute Gasteiger partial charge is 0.308 e. The topological polar surface area (TPSA) is 80.8 Å². The van der Waals surface area contributed by atoms with Gasteiger partial charge in [-0.2, -0.15) is 0 Å². The molecule has 0 radical (unpaired) electrons. The molecule has 1 aromatic heterocycles. The van der Waals surface area contributed by atoms with Crippen molar-refractivity contribution in [3.05, 3.63) is 52.2 Å². The summed E-state index contributed by atoms with van der Waals surface area (Å²) in [7, 11) is -3.14. The van der Waals surface area contributed by atoms with Crippen LogP contribution in [0.25, 0.3) is 0 Å². The molecule has 1 aliphatic rings. The van der Waals surface area contributed by atoms with Gasteiger partial charge >= 0.3 is 5.97 Å². The predicted octanol–water partition coefficient (Wildman–Crippen LogP) is 2.50. The van der Waals surface area contributed by atoms with Crippen molar-refractivity contribution in [3.63, 3.8) is 0 Å². The number of nitrogens with zero attached hydrogens (tertiary/aromatic N) is 1. The summed E-state index contributed by atoms with van der Waals surface area (Å²) in [5.74, 6) is -0.630. The van der Waals surface area contributed by atoms with Gasteiger partial charge in [0, 0.05) is 17.8 Å². The molecule has 0 N–H and O–H groups in total. The Morgan fingerprint density at radius 2 is 2.00 bits per heavy atom.